The smallest absolute Gasteiger partial charge is 0.272 e. The second kappa shape index (κ2) is 5.44. The molecule has 0 saturated carbocycles. The van der Waals surface area contributed by atoms with Crippen LogP contribution in [-0.2, 0) is 13.6 Å². The van der Waals surface area contributed by atoms with Crippen LogP contribution in [0.2, 0.25) is 0 Å². The van der Waals surface area contributed by atoms with Gasteiger partial charge in [0.15, 0.2) is 11.5 Å². The molecule has 2 heterocycles. The number of nitrogens with one attached hydrogen (secondary N) is 2. The van der Waals surface area contributed by atoms with E-state index in [1.54, 1.807) is 16.8 Å². The molecule has 0 bridgehead atoms. The van der Waals surface area contributed by atoms with E-state index in [1.807, 2.05) is 20.2 Å². The maximum absolute atomic E-state index is 11.8. The van der Waals surface area contributed by atoms with Gasteiger partial charge in [0.05, 0.1) is 5.69 Å². The Kier molecular flexibility index (Phi) is 3.71. The third kappa shape index (κ3) is 3.05. The van der Waals surface area contributed by atoms with Crippen molar-refractivity contribution in [1.82, 2.24) is 25.3 Å². The molecule has 0 aliphatic heterocycles. The summed E-state index contributed by atoms with van der Waals surface area (Å²) < 4.78 is 1.71. The van der Waals surface area contributed by atoms with Crippen molar-refractivity contribution in [3.8, 4) is 0 Å². The van der Waals surface area contributed by atoms with Gasteiger partial charge in [-0.05, 0) is 19.1 Å². The fourth-order valence-electron chi connectivity index (χ4n) is 1.62. The lowest BCUT2D eigenvalue weighted by Gasteiger charge is -2.03. The number of anilines is 1. The Hall–Kier alpha value is -2.48. The van der Waals surface area contributed by atoms with Gasteiger partial charge in [0.1, 0.15) is 0 Å². The number of carbonyl (C=O) groups excluding carboxylic acids is 1. The first-order valence-corrected chi connectivity index (χ1v) is 5.68. The zero-order valence-corrected chi connectivity index (χ0v) is 10.7. The molecule has 19 heavy (non-hydrogen) atoms. The number of hydrogen-bond donors (Lipinski definition) is 3. The number of carbonyl (C=O) groups is 1. The second-order valence-corrected chi connectivity index (χ2v) is 4.04. The van der Waals surface area contributed by atoms with E-state index >= 15 is 0 Å². The topological polar surface area (TPSA) is 111 Å². The largest absolute Gasteiger partial charge is 0.346 e. The first-order chi connectivity index (χ1) is 9.10. The Bertz CT molecular complexity index is 575. The molecule has 8 heteroatoms. The SMILES string of the molecule is Cc1nn(C)cc1CNC(=O)c1ccc(NN)nn1. The molecule has 0 radical (unpaired) electrons. The molecule has 0 aliphatic carbocycles. The molecule has 8 nitrogen and oxygen atoms in total. The summed E-state index contributed by atoms with van der Waals surface area (Å²) in [6.07, 6.45) is 1.86. The van der Waals surface area contributed by atoms with Crippen LogP contribution in [0.15, 0.2) is 18.3 Å². The van der Waals surface area contributed by atoms with Crippen LogP contribution in [-0.4, -0.2) is 25.9 Å². The van der Waals surface area contributed by atoms with E-state index in [0.717, 1.165) is 11.3 Å². The summed E-state index contributed by atoms with van der Waals surface area (Å²) in [5, 5.41) is 14.5. The van der Waals surface area contributed by atoms with Gasteiger partial charge >= 0.3 is 0 Å². The predicted molar refractivity (Wildman–Crippen MR) is 69.0 cm³/mol. The van der Waals surface area contributed by atoms with Crippen molar-refractivity contribution in [3.63, 3.8) is 0 Å². The molecule has 2 aromatic heterocycles. The van der Waals surface area contributed by atoms with Gasteiger partial charge in [-0.25, -0.2) is 5.84 Å². The molecule has 2 aromatic rings. The first-order valence-electron chi connectivity index (χ1n) is 5.68. The first kappa shape index (κ1) is 13.0. The van der Waals surface area contributed by atoms with Crippen molar-refractivity contribution in [2.24, 2.45) is 12.9 Å². The molecule has 0 aromatic carbocycles. The number of nitrogen functional groups attached to an aromatic ring is 1. The van der Waals surface area contributed by atoms with Gasteiger partial charge in [-0.2, -0.15) is 5.10 Å². The number of aryl methyl sites for hydroxylation is 2. The second-order valence-electron chi connectivity index (χ2n) is 4.04. The summed E-state index contributed by atoms with van der Waals surface area (Å²) in [7, 11) is 1.84. The number of nitrogens with zero attached hydrogens (tertiary/aromatic N) is 4. The van der Waals surface area contributed by atoms with Crippen molar-refractivity contribution < 1.29 is 4.79 Å². The Labute approximate surface area is 110 Å². The highest BCUT2D eigenvalue weighted by atomic mass is 16.1. The van der Waals surface area contributed by atoms with Crippen LogP contribution in [0.25, 0.3) is 0 Å². The number of aromatic nitrogens is 4. The quantitative estimate of drug-likeness (QED) is 0.516. The lowest BCUT2D eigenvalue weighted by Crippen LogP contribution is -2.24. The third-order valence-corrected chi connectivity index (χ3v) is 2.60. The summed E-state index contributed by atoms with van der Waals surface area (Å²) in [6, 6.07) is 3.13. The van der Waals surface area contributed by atoms with Crippen molar-refractivity contribution in [2.45, 2.75) is 13.5 Å². The molecule has 100 valence electrons. The minimum Gasteiger partial charge on any atom is -0.346 e. The zero-order chi connectivity index (χ0) is 13.8. The molecule has 4 N–H and O–H groups in total. The van der Waals surface area contributed by atoms with Crippen molar-refractivity contribution in [3.05, 3.63) is 35.3 Å². The lowest BCUT2D eigenvalue weighted by molar-refractivity contribution is 0.0945. The van der Waals surface area contributed by atoms with Crippen LogP contribution >= 0.6 is 0 Å². The van der Waals surface area contributed by atoms with Gasteiger partial charge in [-0.1, -0.05) is 0 Å². The highest BCUT2D eigenvalue weighted by Gasteiger charge is 2.09. The zero-order valence-electron chi connectivity index (χ0n) is 10.7. The summed E-state index contributed by atoms with van der Waals surface area (Å²) in [5.41, 5.74) is 4.43. The van der Waals surface area contributed by atoms with Gasteiger partial charge in [0.2, 0.25) is 0 Å². The fourth-order valence-corrected chi connectivity index (χ4v) is 1.62. The van der Waals surface area contributed by atoms with Crippen LogP contribution in [0.4, 0.5) is 5.82 Å². The molecule has 0 atom stereocenters. The van der Waals surface area contributed by atoms with Crippen molar-refractivity contribution >= 4 is 11.7 Å². The van der Waals surface area contributed by atoms with Crippen LogP contribution in [0.3, 0.4) is 0 Å². The maximum Gasteiger partial charge on any atom is 0.272 e. The van der Waals surface area contributed by atoms with Gasteiger partial charge in [0, 0.05) is 25.4 Å². The molecule has 0 spiro atoms. The normalized spacial score (nSPS) is 10.3. The molecule has 0 saturated heterocycles. The lowest BCUT2D eigenvalue weighted by atomic mass is 10.2. The molecule has 0 unspecified atom stereocenters. The minimum atomic E-state index is -0.292. The monoisotopic (exact) mass is 261 g/mol. The number of rotatable bonds is 4. The number of amides is 1. The molecular formula is C11H15N7O. The van der Waals surface area contributed by atoms with E-state index in [1.165, 1.54) is 0 Å². The van der Waals surface area contributed by atoms with Crippen LogP contribution in [0.5, 0.6) is 0 Å². The Morgan fingerprint density at radius 2 is 2.21 bits per heavy atom. The van der Waals surface area contributed by atoms with E-state index in [0.29, 0.717) is 12.4 Å². The van der Waals surface area contributed by atoms with E-state index in [2.05, 4.69) is 26.0 Å². The third-order valence-electron chi connectivity index (χ3n) is 2.60. The molecule has 2 rings (SSSR count). The number of hydrazine groups is 1. The van der Waals surface area contributed by atoms with Gasteiger partial charge in [-0.15, -0.1) is 10.2 Å². The van der Waals surface area contributed by atoms with Crippen LogP contribution in [0, 0.1) is 6.92 Å². The summed E-state index contributed by atoms with van der Waals surface area (Å²) in [5.74, 6) is 5.28. The van der Waals surface area contributed by atoms with Gasteiger partial charge < -0.3 is 10.7 Å². The highest BCUT2D eigenvalue weighted by Crippen LogP contribution is 2.05. The summed E-state index contributed by atoms with van der Waals surface area (Å²) in [6.45, 7) is 2.29. The summed E-state index contributed by atoms with van der Waals surface area (Å²) >= 11 is 0. The number of hydrogen-bond acceptors (Lipinski definition) is 6. The average molecular weight is 261 g/mol. The standard InChI is InChI=1S/C11H15N7O/c1-7-8(6-18(2)17-7)5-13-11(19)9-3-4-10(14-12)16-15-9/h3-4,6H,5,12H2,1-2H3,(H,13,19)(H,14,16). The Balaban J connectivity index is 1.99. The minimum absolute atomic E-state index is 0.237. The van der Waals surface area contributed by atoms with Crippen LogP contribution < -0.4 is 16.6 Å². The maximum atomic E-state index is 11.8. The van der Waals surface area contributed by atoms with Gasteiger partial charge in [-0.3, -0.25) is 9.48 Å². The fraction of sp³-hybridized carbons (Fsp3) is 0.273. The van der Waals surface area contributed by atoms with Gasteiger partial charge in [0.25, 0.3) is 5.91 Å². The highest BCUT2D eigenvalue weighted by molar-refractivity contribution is 5.92. The molecular weight excluding hydrogens is 246 g/mol. The predicted octanol–water partition coefficient (Wildman–Crippen LogP) is -0.266. The average Bonchev–Trinajstić information content (AvgIpc) is 2.74. The van der Waals surface area contributed by atoms with E-state index in [4.69, 9.17) is 5.84 Å². The number of nitrogens with two attached hydrogens (primary N) is 1. The van der Waals surface area contributed by atoms with E-state index < -0.39 is 0 Å². The Morgan fingerprint density at radius 3 is 2.74 bits per heavy atom. The Morgan fingerprint density at radius 1 is 1.42 bits per heavy atom. The van der Waals surface area contributed by atoms with E-state index in [9.17, 15) is 4.79 Å². The molecule has 0 aliphatic rings. The molecule has 1 amide bonds. The van der Waals surface area contributed by atoms with Crippen LogP contribution in [0.1, 0.15) is 21.7 Å². The van der Waals surface area contributed by atoms with E-state index in [-0.39, 0.29) is 11.6 Å². The van der Waals surface area contributed by atoms with Crippen molar-refractivity contribution in [2.75, 3.05) is 5.43 Å². The summed E-state index contributed by atoms with van der Waals surface area (Å²) in [4.78, 5) is 11.8. The molecule has 0 fully saturated rings. The van der Waals surface area contributed by atoms with Crippen molar-refractivity contribution in [1.29, 1.82) is 0 Å².